The van der Waals surface area contributed by atoms with Crippen LogP contribution < -0.4 is 4.90 Å². The van der Waals surface area contributed by atoms with Crippen molar-refractivity contribution in [3.05, 3.63) is 23.8 Å². The lowest BCUT2D eigenvalue weighted by molar-refractivity contribution is 0.0547. The van der Waals surface area contributed by atoms with E-state index in [-0.39, 0.29) is 23.0 Å². The van der Waals surface area contributed by atoms with E-state index >= 15 is 0 Å². The number of anilines is 1. The predicted octanol–water partition coefficient (Wildman–Crippen LogP) is 3.48. The Balaban J connectivity index is 1.49. The van der Waals surface area contributed by atoms with Crippen LogP contribution in [0.25, 0.3) is 0 Å². The fourth-order valence-electron chi connectivity index (χ4n) is 4.14. The van der Waals surface area contributed by atoms with Gasteiger partial charge in [0.15, 0.2) is 9.84 Å². The molecule has 1 saturated heterocycles. The van der Waals surface area contributed by atoms with Crippen LogP contribution in [0.15, 0.2) is 23.1 Å². The lowest BCUT2D eigenvalue weighted by Crippen LogP contribution is -2.41. The third-order valence-corrected chi connectivity index (χ3v) is 7.11. The Bertz CT molecular complexity index is 922. The molecule has 0 spiro atoms. The monoisotopic (exact) mass is 452 g/mol. The maximum absolute atomic E-state index is 12.6. The summed E-state index contributed by atoms with van der Waals surface area (Å²) in [5.74, 6) is 0.556. The molecule has 0 radical (unpaired) electrons. The van der Waals surface area contributed by atoms with Gasteiger partial charge in [0.2, 0.25) is 0 Å². The van der Waals surface area contributed by atoms with Gasteiger partial charge in [0.05, 0.1) is 23.3 Å². The Hall–Kier alpha value is -2.29. The zero-order chi connectivity index (χ0) is 22.8. The molecule has 1 aromatic rings. The van der Waals surface area contributed by atoms with Crippen molar-refractivity contribution in [1.29, 1.82) is 0 Å². The van der Waals surface area contributed by atoms with E-state index in [0.29, 0.717) is 44.3 Å². The van der Waals surface area contributed by atoms with Gasteiger partial charge in [-0.3, -0.25) is 4.90 Å². The molecule has 172 valence electrons. The molecule has 31 heavy (non-hydrogen) atoms. The van der Waals surface area contributed by atoms with E-state index < -0.39 is 15.9 Å². The lowest BCUT2D eigenvalue weighted by Gasteiger charge is -2.34. The van der Waals surface area contributed by atoms with Gasteiger partial charge in [-0.15, -0.1) is 0 Å². The third-order valence-electron chi connectivity index (χ3n) is 6.00. The van der Waals surface area contributed by atoms with Crippen molar-refractivity contribution in [3.8, 4) is 0 Å². The minimum atomic E-state index is -3.28. The minimum absolute atomic E-state index is 0.128. The molecule has 0 N–H and O–H groups in total. The van der Waals surface area contributed by atoms with E-state index in [1.165, 1.54) is 12.3 Å². The topological polar surface area (TPSA) is 93.2 Å². The number of carbonyl (C=O) groups excluding carboxylic acids is 2. The summed E-state index contributed by atoms with van der Waals surface area (Å²) in [4.78, 5) is 28.2. The normalized spacial score (nSPS) is 18.1. The number of likely N-dealkylation sites (tertiary alicyclic amines) is 1. The fourth-order valence-corrected chi connectivity index (χ4v) is 4.81. The van der Waals surface area contributed by atoms with E-state index in [4.69, 9.17) is 9.47 Å². The lowest BCUT2D eigenvalue weighted by atomic mass is 9.86. The maximum atomic E-state index is 12.6. The highest BCUT2D eigenvalue weighted by Crippen LogP contribution is 2.31. The van der Waals surface area contributed by atoms with Gasteiger partial charge in [0, 0.05) is 25.9 Å². The summed E-state index contributed by atoms with van der Waals surface area (Å²) in [5, 5.41) is 0. The van der Waals surface area contributed by atoms with Crippen LogP contribution in [0.3, 0.4) is 0 Å². The van der Waals surface area contributed by atoms with Crippen LogP contribution in [0, 0.1) is 11.8 Å². The first-order chi connectivity index (χ1) is 14.6. The van der Waals surface area contributed by atoms with Crippen LogP contribution in [0.5, 0.6) is 0 Å². The highest BCUT2D eigenvalue weighted by Gasteiger charge is 2.30. The van der Waals surface area contributed by atoms with Crippen molar-refractivity contribution in [2.45, 2.75) is 51.0 Å². The SMILES string of the molecule is CC(C)OC(=O)N1CCC(C(C)COC(=O)N2CCc3cc(S(C)(=O)=O)ccc32)CC1. The van der Waals surface area contributed by atoms with Gasteiger partial charge in [-0.2, -0.15) is 0 Å². The number of piperidine rings is 1. The van der Waals surface area contributed by atoms with Crippen LogP contribution in [-0.2, 0) is 25.7 Å². The molecule has 2 amide bonds. The number of rotatable bonds is 5. The third kappa shape index (κ3) is 5.70. The highest BCUT2D eigenvalue weighted by molar-refractivity contribution is 7.90. The van der Waals surface area contributed by atoms with Crippen molar-refractivity contribution < 1.29 is 27.5 Å². The zero-order valence-corrected chi connectivity index (χ0v) is 19.5. The molecule has 1 aromatic carbocycles. The number of carbonyl (C=O) groups is 2. The zero-order valence-electron chi connectivity index (χ0n) is 18.7. The van der Waals surface area contributed by atoms with Crippen molar-refractivity contribution in [3.63, 3.8) is 0 Å². The Morgan fingerprint density at radius 1 is 1.10 bits per heavy atom. The minimum Gasteiger partial charge on any atom is -0.449 e. The number of benzene rings is 1. The first-order valence-electron chi connectivity index (χ1n) is 10.8. The number of nitrogens with zero attached hydrogens (tertiary/aromatic N) is 2. The molecule has 0 aliphatic carbocycles. The van der Waals surface area contributed by atoms with Crippen LogP contribution >= 0.6 is 0 Å². The average molecular weight is 453 g/mol. The van der Waals surface area contributed by atoms with Crippen molar-refractivity contribution >= 4 is 27.7 Å². The molecular weight excluding hydrogens is 420 g/mol. The van der Waals surface area contributed by atoms with E-state index in [1.54, 1.807) is 21.9 Å². The number of ether oxygens (including phenoxy) is 2. The smallest absolute Gasteiger partial charge is 0.414 e. The molecule has 1 unspecified atom stereocenters. The summed E-state index contributed by atoms with van der Waals surface area (Å²) in [6, 6.07) is 4.84. The highest BCUT2D eigenvalue weighted by atomic mass is 32.2. The van der Waals surface area contributed by atoms with Crippen molar-refractivity contribution in [2.75, 3.05) is 37.4 Å². The summed E-state index contributed by atoms with van der Waals surface area (Å²) in [6.45, 7) is 7.83. The summed E-state index contributed by atoms with van der Waals surface area (Å²) >= 11 is 0. The number of amides is 2. The number of hydrogen-bond donors (Lipinski definition) is 0. The number of sulfone groups is 1. The summed E-state index contributed by atoms with van der Waals surface area (Å²) in [5.41, 5.74) is 1.55. The molecule has 9 heteroatoms. The number of hydrogen-bond acceptors (Lipinski definition) is 6. The molecule has 0 aromatic heterocycles. The van der Waals surface area contributed by atoms with E-state index in [0.717, 1.165) is 18.4 Å². The van der Waals surface area contributed by atoms with Gasteiger partial charge in [-0.1, -0.05) is 6.92 Å². The van der Waals surface area contributed by atoms with Crippen LogP contribution in [0.1, 0.15) is 39.2 Å². The van der Waals surface area contributed by atoms with Gasteiger partial charge in [-0.25, -0.2) is 18.0 Å². The van der Waals surface area contributed by atoms with Gasteiger partial charge < -0.3 is 14.4 Å². The Labute approximate surface area is 184 Å². The molecule has 1 atom stereocenters. The first kappa shape index (κ1) is 23.4. The second-order valence-corrected chi connectivity index (χ2v) is 10.8. The van der Waals surface area contributed by atoms with Crippen molar-refractivity contribution in [2.24, 2.45) is 11.8 Å². The quantitative estimate of drug-likeness (QED) is 0.679. The van der Waals surface area contributed by atoms with Gasteiger partial charge in [0.25, 0.3) is 0 Å². The molecule has 0 saturated carbocycles. The molecular formula is C22H32N2O6S. The Morgan fingerprint density at radius 3 is 2.39 bits per heavy atom. The summed E-state index contributed by atoms with van der Waals surface area (Å²) < 4.78 is 34.3. The second-order valence-electron chi connectivity index (χ2n) is 8.78. The predicted molar refractivity (Wildman–Crippen MR) is 117 cm³/mol. The molecule has 2 heterocycles. The molecule has 2 aliphatic heterocycles. The second kappa shape index (κ2) is 9.46. The first-order valence-corrected chi connectivity index (χ1v) is 12.7. The molecule has 8 nitrogen and oxygen atoms in total. The average Bonchev–Trinajstić information content (AvgIpc) is 3.14. The largest absolute Gasteiger partial charge is 0.449 e. The van der Waals surface area contributed by atoms with Crippen molar-refractivity contribution in [1.82, 2.24) is 4.90 Å². The van der Waals surface area contributed by atoms with E-state index in [9.17, 15) is 18.0 Å². The van der Waals surface area contributed by atoms with Crippen LogP contribution in [0.2, 0.25) is 0 Å². The molecule has 3 rings (SSSR count). The standard InChI is InChI=1S/C22H32N2O6S/c1-15(2)30-21(25)23-10-7-17(8-11-23)16(3)14-29-22(26)24-12-9-18-13-19(31(4,27)28)5-6-20(18)24/h5-6,13,15-17H,7-12,14H2,1-4H3. The molecule has 1 fully saturated rings. The maximum Gasteiger partial charge on any atom is 0.414 e. The summed E-state index contributed by atoms with van der Waals surface area (Å²) in [7, 11) is -3.28. The van der Waals surface area contributed by atoms with Gasteiger partial charge >= 0.3 is 12.2 Å². The molecule has 0 bridgehead atoms. The van der Waals surface area contributed by atoms with Crippen LogP contribution in [0.4, 0.5) is 15.3 Å². The summed E-state index contributed by atoms with van der Waals surface area (Å²) in [6.07, 6.45) is 2.69. The molecule has 2 aliphatic rings. The van der Waals surface area contributed by atoms with E-state index in [2.05, 4.69) is 6.92 Å². The van der Waals surface area contributed by atoms with Gasteiger partial charge in [-0.05, 0) is 68.7 Å². The Morgan fingerprint density at radius 2 is 1.77 bits per heavy atom. The van der Waals surface area contributed by atoms with E-state index in [1.807, 2.05) is 13.8 Å². The fraction of sp³-hybridized carbons (Fsp3) is 0.636. The van der Waals surface area contributed by atoms with Gasteiger partial charge in [0.1, 0.15) is 0 Å². The number of fused-ring (bicyclic) bond motifs is 1. The Kier molecular flexibility index (Phi) is 7.13. The van der Waals surface area contributed by atoms with Crippen LogP contribution in [-0.4, -0.2) is 64.1 Å².